The van der Waals surface area contributed by atoms with E-state index < -0.39 is 0 Å². The molecule has 0 atom stereocenters. The highest BCUT2D eigenvalue weighted by Gasteiger charge is 2.15. The molecular weight excluding hydrogens is 362 g/mol. The van der Waals surface area contributed by atoms with Crippen molar-refractivity contribution in [2.75, 3.05) is 27.2 Å². The lowest BCUT2D eigenvalue weighted by atomic mass is 9.93. The van der Waals surface area contributed by atoms with E-state index in [1.807, 2.05) is 32.2 Å². The van der Waals surface area contributed by atoms with Crippen LogP contribution in [0.4, 0.5) is 5.69 Å². The zero-order valence-corrected chi connectivity index (χ0v) is 17.8. The van der Waals surface area contributed by atoms with Crippen molar-refractivity contribution in [2.24, 2.45) is 4.99 Å². The molecule has 1 aromatic carbocycles. The Labute approximate surface area is 174 Å². The van der Waals surface area contributed by atoms with Crippen LogP contribution in [0.1, 0.15) is 37.3 Å². The lowest BCUT2D eigenvalue weighted by Crippen LogP contribution is -2.39. The first-order chi connectivity index (χ1) is 14.2. The van der Waals surface area contributed by atoms with Crippen molar-refractivity contribution in [1.82, 2.24) is 21.3 Å². The topological polar surface area (TPSA) is 69.7 Å². The van der Waals surface area contributed by atoms with E-state index in [9.17, 15) is 0 Å². The summed E-state index contributed by atoms with van der Waals surface area (Å²) < 4.78 is 5.37. The Morgan fingerprint density at radius 2 is 2.10 bits per heavy atom. The molecule has 0 bridgehead atoms. The third kappa shape index (κ3) is 6.58. The smallest absolute Gasteiger partial charge is 0.138 e. The highest BCUT2D eigenvalue weighted by molar-refractivity contribution is 5.96. The van der Waals surface area contributed by atoms with Gasteiger partial charge in [-0.25, -0.2) is 4.99 Å². The van der Waals surface area contributed by atoms with Gasteiger partial charge in [-0.15, -0.1) is 0 Å². The standard InChI is InChI=1S/C23H33N5O/c1-17-13-21(24-2)9-10-23(27-17)28-22-8-7-18(16-29-3)19(14-22)15-25-11-12-26-20-5-4-6-20/h7-8,10,13-14,20,24-26H,4-6,11-12,15-16H2,1-3H3,(H,27,28). The van der Waals surface area contributed by atoms with E-state index in [4.69, 9.17) is 9.73 Å². The van der Waals surface area contributed by atoms with Gasteiger partial charge in [0.1, 0.15) is 5.84 Å². The summed E-state index contributed by atoms with van der Waals surface area (Å²) >= 11 is 0. The van der Waals surface area contributed by atoms with Crippen molar-refractivity contribution in [3.63, 3.8) is 0 Å². The highest BCUT2D eigenvalue weighted by atomic mass is 16.5. The summed E-state index contributed by atoms with van der Waals surface area (Å²) in [7, 11) is 3.62. The Morgan fingerprint density at radius 3 is 2.83 bits per heavy atom. The van der Waals surface area contributed by atoms with E-state index in [0.717, 1.165) is 48.6 Å². The molecule has 6 nitrogen and oxygen atoms in total. The molecule has 0 aromatic heterocycles. The van der Waals surface area contributed by atoms with Gasteiger partial charge in [0.15, 0.2) is 0 Å². The average molecular weight is 396 g/mol. The number of allylic oxidation sites excluding steroid dienone is 1. The van der Waals surface area contributed by atoms with Gasteiger partial charge in [0.2, 0.25) is 0 Å². The van der Waals surface area contributed by atoms with Gasteiger partial charge in [0, 0.05) is 51.6 Å². The first-order valence-electron chi connectivity index (χ1n) is 10.4. The Bertz CT molecular complexity index is 817. The predicted octanol–water partition coefficient (Wildman–Crippen LogP) is 2.86. The number of methoxy groups -OCH3 is 1. The number of benzene rings is 1. The third-order valence-electron chi connectivity index (χ3n) is 5.21. The minimum absolute atomic E-state index is 0.600. The summed E-state index contributed by atoms with van der Waals surface area (Å²) in [6.45, 7) is 5.38. The van der Waals surface area contributed by atoms with Crippen LogP contribution in [0.2, 0.25) is 0 Å². The molecule has 0 spiro atoms. The summed E-state index contributed by atoms with van der Waals surface area (Å²) in [5.74, 6) is 0.770. The Kier molecular flexibility index (Phi) is 8.08. The maximum Gasteiger partial charge on any atom is 0.138 e. The van der Waals surface area contributed by atoms with E-state index in [1.54, 1.807) is 7.11 Å². The maximum atomic E-state index is 5.37. The zero-order chi connectivity index (χ0) is 20.5. The van der Waals surface area contributed by atoms with Gasteiger partial charge in [-0.1, -0.05) is 18.2 Å². The number of hydrogen-bond donors (Lipinski definition) is 4. The molecule has 1 aromatic rings. The van der Waals surface area contributed by atoms with Crippen LogP contribution in [0.5, 0.6) is 0 Å². The number of hydrogen-bond acceptors (Lipinski definition) is 5. The van der Waals surface area contributed by atoms with Crippen LogP contribution in [-0.4, -0.2) is 39.1 Å². The van der Waals surface area contributed by atoms with E-state index >= 15 is 0 Å². The zero-order valence-electron chi connectivity index (χ0n) is 17.8. The molecule has 1 saturated carbocycles. The van der Waals surface area contributed by atoms with Crippen LogP contribution in [0, 0.1) is 0 Å². The predicted molar refractivity (Wildman–Crippen MR) is 119 cm³/mol. The SMILES string of the molecule is CNC1=C=CC(=Nc2ccc(COC)c(CNCCNC3CCC3)c2)NC(C)=C1. The van der Waals surface area contributed by atoms with Gasteiger partial charge in [-0.05, 0) is 49.1 Å². The highest BCUT2D eigenvalue weighted by Crippen LogP contribution is 2.20. The van der Waals surface area contributed by atoms with E-state index in [0.29, 0.717) is 6.61 Å². The normalized spacial score (nSPS) is 18.0. The van der Waals surface area contributed by atoms with Gasteiger partial charge in [-0.3, -0.25) is 0 Å². The molecule has 1 aliphatic carbocycles. The largest absolute Gasteiger partial charge is 0.382 e. The van der Waals surface area contributed by atoms with Crippen LogP contribution in [0.15, 0.2) is 52.5 Å². The average Bonchev–Trinajstić information content (AvgIpc) is 2.85. The second-order valence-electron chi connectivity index (χ2n) is 7.55. The van der Waals surface area contributed by atoms with E-state index in [1.165, 1.54) is 30.4 Å². The van der Waals surface area contributed by atoms with Gasteiger partial charge >= 0.3 is 0 Å². The fourth-order valence-corrected chi connectivity index (χ4v) is 3.36. The maximum absolute atomic E-state index is 5.37. The Morgan fingerprint density at radius 1 is 1.24 bits per heavy atom. The molecule has 0 amide bonds. The van der Waals surface area contributed by atoms with Crippen molar-refractivity contribution in [3.8, 4) is 0 Å². The molecule has 156 valence electrons. The van der Waals surface area contributed by atoms with Crippen molar-refractivity contribution < 1.29 is 4.74 Å². The number of rotatable bonds is 10. The first-order valence-corrected chi connectivity index (χ1v) is 10.4. The molecule has 2 aliphatic rings. The quantitative estimate of drug-likeness (QED) is 0.362. The van der Waals surface area contributed by atoms with Crippen LogP contribution >= 0.6 is 0 Å². The number of ether oxygens (including phenoxy) is 1. The summed E-state index contributed by atoms with van der Waals surface area (Å²) in [5, 5.41) is 13.6. The lowest BCUT2D eigenvalue weighted by molar-refractivity contribution is 0.184. The molecular formula is C23H33N5O. The second-order valence-corrected chi connectivity index (χ2v) is 7.55. The van der Waals surface area contributed by atoms with Crippen molar-refractivity contribution >= 4 is 11.5 Å². The van der Waals surface area contributed by atoms with Crippen molar-refractivity contribution in [1.29, 1.82) is 0 Å². The Hall–Kier alpha value is -2.37. The molecule has 1 heterocycles. The molecule has 1 aliphatic heterocycles. The summed E-state index contributed by atoms with van der Waals surface area (Å²) in [4.78, 5) is 4.77. The van der Waals surface area contributed by atoms with Crippen LogP contribution in [0.3, 0.4) is 0 Å². The number of aliphatic imine (C=N–C) groups is 1. The summed E-state index contributed by atoms with van der Waals surface area (Å²) in [6, 6.07) is 7.00. The Balaban J connectivity index is 1.67. The third-order valence-corrected chi connectivity index (χ3v) is 5.21. The number of nitrogens with one attached hydrogen (secondary N) is 4. The molecule has 1 fully saturated rings. The van der Waals surface area contributed by atoms with Crippen LogP contribution < -0.4 is 21.3 Å². The molecule has 4 N–H and O–H groups in total. The minimum Gasteiger partial charge on any atom is -0.382 e. The van der Waals surface area contributed by atoms with Crippen molar-refractivity contribution in [3.05, 3.63) is 58.6 Å². The fourth-order valence-electron chi connectivity index (χ4n) is 3.36. The van der Waals surface area contributed by atoms with Gasteiger partial charge in [-0.2, -0.15) is 0 Å². The molecule has 3 rings (SSSR count). The lowest BCUT2D eigenvalue weighted by Gasteiger charge is -2.26. The monoisotopic (exact) mass is 395 g/mol. The van der Waals surface area contributed by atoms with Gasteiger partial charge < -0.3 is 26.0 Å². The van der Waals surface area contributed by atoms with Gasteiger partial charge in [0.05, 0.1) is 18.0 Å². The number of nitrogens with zero attached hydrogens (tertiary/aromatic N) is 1. The van der Waals surface area contributed by atoms with Crippen molar-refractivity contribution in [2.45, 2.75) is 45.4 Å². The fraction of sp³-hybridized carbons (Fsp3) is 0.478. The molecule has 0 saturated heterocycles. The van der Waals surface area contributed by atoms with Crippen LogP contribution in [-0.2, 0) is 17.9 Å². The van der Waals surface area contributed by atoms with Crippen LogP contribution in [0.25, 0.3) is 0 Å². The summed E-state index contributed by atoms with van der Waals surface area (Å²) in [6.07, 6.45) is 7.89. The van der Waals surface area contributed by atoms with E-state index in [-0.39, 0.29) is 0 Å². The first kappa shape index (κ1) is 21.3. The molecule has 0 unspecified atom stereocenters. The number of likely N-dealkylation sites (N-methyl/N-ethyl adjacent to an activating group) is 1. The number of amidine groups is 1. The molecule has 0 radical (unpaired) electrons. The van der Waals surface area contributed by atoms with E-state index in [2.05, 4.69) is 39.1 Å². The molecule has 29 heavy (non-hydrogen) atoms. The van der Waals surface area contributed by atoms with Gasteiger partial charge in [0.25, 0.3) is 0 Å². The molecule has 6 heteroatoms. The summed E-state index contributed by atoms with van der Waals surface area (Å²) in [5.41, 5.74) is 8.48. The minimum atomic E-state index is 0.600. The second kappa shape index (κ2) is 11.0.